The summed E-state index contributed by atoms with van der Waals surface area (Å²) in [7, 11) is 5.48. The lowest BCUT2D eigenvalue weighted by Gasteiger charge is -2.13. The van der Waals surface area contributed by atoms with Crippen LogP contribution in [0.3, 0.4) is 0 Å². The van der Waals surface area contributed by atoms with Gasteiger partial charge in [-0.2, -0.15) is 5.10 Å². The fourth-order valence-corrected chi connectivity index (χ4v) is 2.41. The van der Waals surface area contributed by atoms with Crippen molar-refractivity contribution in [1.29, 1.82) is 0 Å². The summed E-state index contributed by atoms with van der Waals surface area (Å²) in [6.07, 6.45) is 1.69. The Morgan fingerprint density at radius 3 is 2.07 bits per heavy atom. The number of hydrogen-bond donors (Lipinski definition) is 3. The van der Waals surface area contributed by atoms with Gasteiger partial charge >= 0.3 is 6.03 Å². The molecule has 8 nitrogen and oxygen atoms in total. The first kappa shape index (κ1) is 19.0. The first-order valence-electron chi connectivity index (χ1n) is 8.63. The molecule has 3 N–H and O–H groups in total. The van der Waals surface area contributed by atoms with E-state index in [2.05, 4.69) is 26.1 Å². The molecule has 0 aliphatic rings. The van der Waals surface area contributed by atoms with Gasteiger partial charge in [-0.3, -0.25) is 0 Å². The summed E-state index contributed by atoms with van der Waals surface area (Å²) < 4.78 is 5.10. The molecule has 0 saturated carbocycles. The molecular weight excluding hydrogens is 356 g/mol. The van der Waals surface area contributed by atoms with Crippen LogP contribution in [0.25, 0.3) is 0 Å². The summed E-state index contributed by atoms with van der Waals surface area (Å²) in [6.45, 7) is 0. The highest BCUT2D eigenvalue weighted by atomic mass is 16.5. The van der Waals surface area contributed by atoms with Crippen LogP contribution in [0.4, 0.5) is 33.4 Å². The number of carbonyl (C=O) groups excluding carboxylic acids is 1. The Labute approximate surface area is 163 Å². The van der Waals surface area contributed by atoms with E-state index in [4.69, 9.17) is 4.74 Å². The zero-order chi connectivity index (χ0) is 19.9. The van der Waals surface area contributed by atoms with Gasteiger partial charge in [0.15, 0.2) is 5.82 Å². The van der Waals surface area contributed by atoms with E-state index in [0.717, 1.165) is 17.1 Å². The molecule has 144 valence electrons. The number of anilines is 5. The summed E-state index contributed by atoms with van der Waals surface area (Å²) in [4.78, 5) is 14.1. The van der Waals surface area contributed by atoms with E-state index in [1.807, 2.05) is 37.2 Å². The normalized spacial score (nSPS) is 10.1. The summed E-state index contributed by atoms with van der Waals surface area (Å²) in [5.41, 5.74) is 3.14. The van der Waals surface area contributed by atoms with Gasteiger partial charge in [0.2, 0.25) is 0 Å². The zero-order valence-corrected chi connectivity index (χ0v) is 15.9. The van der Waals surface area contributed by atoms with Gasteiger partial charge in [0.25, 0.3) is 0 Å². The smallest absolute Gasteiger partial charge is 0.323 e. The highest BCUT2D eigenvalue weighted by molar-refractivity contribution is 5.99. The molecule has 0 aliphatic carbocycles. The van der Waals surface area contributed by atoms with Gasteiger partial charge in [0.05, 0.1) is 19.0 Å². The molecule has 1 heterocycles. The van der Waals surface area contributed by atoms with Crippen molar-refractivity contribution >= 4 is 34.6 Å². The molecule has 3 rings (SSSR count). The van der Waals surface area contributed by atoms with Crippen molar-refractivity contribution in [3.8, 4) is 5.75 Å². The average Bonchev–Trinajstić information content (AvgIpc) is 2.70. The lowest BCUT2D eigenvalue weighted by atomic mass is 10.2. The second kappa shape index (κ2) is 8.72. The maximum atomic E-state index is 12.1. The second-order valence-electron chi connectivity index (χ2n) is 6.20. The van der Waals surface area contributed by atoms with Crippen molar-refractivity contribution in [3.63, 3.8) is 0 Å². The van der Waals surface area contributed by atoms with Crippen molar-refractivity contribution < 1.29 is 9.53 Å². The van der Waals surface area contributed by atoms with Crippen LogP contribution in [0.1, 0.15) is 0 Å². The molecule has 3 aromatic rings. The van der Waals surface area contributed by atoms with Crippen LogP contribution in [0.5, 0.6) is 5.75 Å². The Morgan fingerprint density at radius 1 is 0.929 bits per heavy atom. The monoisotopic (exact) mass is 378 g/mol. The van der Waals surface area contributed by atoms with Gasteiger partial charge < -0.3 is 25.6 Å². The molecule has 1 aromatic heterocycles. The highest BCUT2D eigenvalue weighted by Crippen LogP contribution is 2.20. The van der Waals surface area contributed by atoms with Gasteiger partial charge in [-0.05, 0) is 48.5 Å². The van der Waals surface area contributed by atoms with Crippen LogP contribution in [-0.2, 0) is 0 Å². The number of urea groups is 1. The number of amides is 2. The SMILES string of the molecule is COc1ccc(NC(=O)Nc2ccc(Nc3cc(N(C)C)cnn3)cc2)cc1. The van der Waals surface area contributed by atoms with E-state index in [9.17, 15) is 4.79 Å². The van der Waals surface area contributed by atoms with Crippen molar-refractivity contribution in [2.24, 2.45) is 0 Å². The topological polar surface area (TPSA) is 91.4 Å². The molecule has 8 heteroatoms. The number of benzene rings is 2. The summed E-state index contributed by atoms with van der Waals surface area (Å²) in [6, 6.07) is 16.0. The van der Waals surface area contributed by atoms with Gasteiger partial charge in [0, 0.05) is 37.2 Å². The fraction of sp³-hybridized carbons (Fsp3) is 0.150. The fourth-order valence-electron chi connectivity index (χ4n) is 2.41. The number of ether oxygens (including phenoxy) is 1. The van der Waals surface area contributed by atoms with Crippen molar-refractivity contribution in [2.75, 3.05) is 42.1 Å². The van der Waals surface area contributed by atoms with E-state index in [-0.39, 0.29) is 6.03 Å². The van der Waals surface area contributed by atoms with Crippen LogP contribution in [-0.4, -0.2) is 37.4 Å². The summed E-state index contributed by atoms with van der Waals surface area (Å²) in [5.74, 6) is 1.37. The van der Waals surface area contributed by atoms with Gasteiger partial charge in [-0.25, -0.2) is 4.79 Å². The largest absolute Gasteiger partial charge is 0.497 e. The zero-order valence-electron chi connectivity index (χ0n) is 15.9. The third-order valence-electron chi connectivity index (χ3n) is 3.92. The molecule has 0 spiro atoms. The molecule has 0 aliphatic heterocycles. The number of hydrogen-bond acceptors (Lipinski definition) is 6. The first-order chi connectivity index (χ1) is 13.5. The maximum Gasteiger partial charge on any atom is 0.323 e. The number of methoxy groups -OCH3 is 1. The van der Waals surface area contributed by atoms with E-state index >= 15 is 0 Å². The Morgan fingerprint density at radius 2 is 1.50 bits per heavy atom. The molecular formula is C20H22N6O2. The van der Waals surface area contributed by atoms with E-state index in [0.29, 0.717) is 17.2 Å². The molecule has 2 aromatic carbocycles. The molecule has 0 unspecified atom stereocenters. The predicted octanol–water partition coefficient (Wildman–Crippen LogP) is 3.94. The molecule has 0 radical (unpaired) electrons. The van der Waals surface area contributed by atoms with Crippen LogP contribution < -0.4 is 25.6 Å². The van der Waals surface area contributed by atoms with Gasteiger partial charge in [0.1, 0.15) is 5.75 Å². The van der Waals surface area contributed by atoms with Crippen molar-refractivity contribution in [2.45, 2.75) is 0 Å². The Balaban J connectivity index is 1.57. The highest BCUT2D eigenvalue weighted by Gasteiger charge is 2.05. The van der Waals surface area contributed by atoms with E-state index in [1.165, 1.54) is 0 Å². The summed E-state index contributed by atoms with van der Waals surface area (Å²) >= 11 is 0. The Bertz CT molecular complexity index is 926. The van der Waals surface area contributed by atoms with E-state index < -0.39 is 0 Å². The molecule has 0 atom stereocenters. The molecule has 28 heavy (non-hydrogen) atoms. The number of carbonyl (C=O) groups is 1. The maximum absolute atomic E-state index is 12.1. The minimum atomic E-state index is -0.324. The van der Waals surface area contributed by atoms with Crippen molar-refractivity contribution in [3.05, 3.63) is 60.8 Å². The van der Waals surface area contributed by atoms with Crippen molar-refractivity contribution in [1.82, 2.24) is 10.2 Å². The Hall–Kier alpha value is -3.81. The minimum absolute atomic E-state index is 0.324. The second-order valence-corrected chi connectivity index (χ2v) is 6.20. The minimum Gasteiger partial charge on any atom is -0.497 e. The molecule has 0 fully saturated rings. The predicted molar refractivity (Wildman–Crippen MR) is 112 cm³/mol. The third kappa shape index (κ3) is 5.10. The number of nitrogens with one attached hydrogen (secondary N) is 3. The van der Waals surface area contributed by atoms with Crippen LogP contribution in [0.15, 0.2) is 60.8 Å². The third-order valence-corrected chi connectivity index (χ3v) is 3.92. The first-order valence-corrected chi connectivity index (χ1v) is 8.63. The standard InChI is InChI=1S/C20H22N6O2/c1-26(2)17-12-19(25-21-13-17)22-14-4-6-15(7-5-14)23-20(27)24-16-8-10-18(28-3)11-9-16/h4-13H,1-3H3,(H,22,25)(H2,23,24,27). The van der Waals surface area contributed by atoms with E-state index in [1.54, 1.807) is 49.7 Å². The number of nitrogens with zero attached hydrogens (tertiary/aromatic N) is 3. The molecule has 0 saturated heterocycles. The van der Waals surface area contributed by atoms with Gasteiger partial charge in [-0.15, -0.1) is 5.10 Å². The molecule has 2 amide bonds. The quantitative estimate of drug-likeness (QED) is 0.602. The van der Waals surface area contributed by atoms with Crippen LogP contribution >= 0.6 is 0 Å². The Kier molecular flexibility index (Phi) is 5.91. The van der Waals surface area contributed by atoms with Gasteiger partial charge in [-0.1, -0.05) is 0 Å². The lowest BCUT2D eigenvalue weighted by Crippen LogP contribution is -2.19. The number of rotatable bonds is 6. The summed E-state index contributed by atoms with van der Waals surface area (Å²) in [5, 5.41) is 16.8. The lowest BCUT2D eigenvalue weighted by molar-refractivity contribution is 0.262. The average molecular weight is 378 g/mol. The number of aromatic nitrogens is 2. The van der Waals surface area contributed by atoms with Crippen LogP contribution in [0, 0.1) is 0 Å². The van der Waals surface area contributed by atoms with Crippen LogP contribution in [0.2, 0.25) is 0 Å². The molecule has 0 bridgehead atoms.